The molecular formula is C15H14BrClN2O2. The number of carbonyl (C=O) groups is 1. The third-order valence-electron chi connectivity index (χ3n) is 2.97. The summed E-state index contributed by atoms with van der Waals surface area (Å²) < 4.78 is 5.67. The second-order valence-corrected chi connectivity index (χ2v) is 5.68. The molecule has 0 atom stereocenters. The molecule has 2 aromatic rings. The summed E-state index contributed by atoms with van der Waals surface area (Å²) in [7, 11) is 1.31. The predicted molar refractivity (Wildman–Crippen MR) is 89.4 cm³/mol. The first-order valence-electron chi connectivity index (χ1n) is 6.13. The van der Waals surface area contributed by atoms with Gasteiger partial charge in [-0.3, -0.25) is 0 Å². The third-order valence-corrected chi connectivity index (χ3v) is 4.32. The van der Waals surface area contributed by atoms with Crippen LogP contribution in [0.25, 0.3) is 0 Å². The predicted octanol–water partition coefficient (Wildman–Crippen LogP) is 4.52. The van der Waals surface area contributed by atoms with Gasteiger partial charge in [0, 0.05) is 10.2 Å². The van der Waals surface area contributed by atoms with Gasteiger partial charge in [-0.2, -0.15) is 0 Å². The number of hydrogen-bond donors (Lipinski definition) is 2. The van der Waals surface area contributed by atoms with Gasteiger partial charge in [0.05, 0.1) is 29.1 Å². The van der Waals surface area contributed by atoms with Crippen LogP contribution in [0.3, 0.4) is 0 Å². The van der Waals surface area contributed by atoms with Crippen LogP contribution in [0, 0.1) is 6.92 Å². The highest BCUT2D eigenvalue weighted by atomic mass is 79.9. The zero-order valence-corrected chi connectivity index (χ0v) is 13.9. The summed E-state index contributed by atoms with van der Waals surface area (Å²) in [6.07, 6.45) is 0. The van der Waals surface area contributed by atoms with Crippen molar-refractivity contribution in [3.05, 3.63) is 51.0 Å². The highest BCUT2D eigenvalue weighted by Gasteiger charge is 2.17. The van der Waals surface area contributed by atoms with Gasteiger partial charge in [0.25, 0.3) is 0 Å². The Morgan fingerprint density at radius 3 is 2.76 bits per heavy atom. The van der Waals surface area contributed by atoms with Gasteiger partial charge in [0.1, 0.15) is 0 Å². The molecule has 0 aliphatic rings. The minimum Gasteiger partial charge on any atom is -0.465 e. The van der Waals surface area contributed by atoms with Gasteiger partial charge in [-0.1, -0.05) is 23.7 Å². The maximum atomic E-state index is 11.9. The number of nitrogens with two attached hydrogens (primary N) is 1. The van der Waals surface area contributed by atoms with Gasteiger partial charge in [0.15, 0.2) is 0 Å². The minimum atomic E-state index is -0.504. The van der Waals surface area contributed by atoms with Crippen molar-refractivity contribution in [1.29, 1.82) is 0 Å². The topological polar surface area (TPSA) is 64.3 Å². The normalized spacial score (nSPS) is 10.3. The van der Waals surface area contributed by atoms with Crippen LogP contribution in [-0.4, -0.2) is 13.1 Å². The SMILES string of the molecule is COC(=O)c1cc(N)cc(Cl)c1Nc1cccc(C)c1Br. The summed E-state index contributed by atoms with van der Waals surface area (Å²) in [5.41, 5.74) is 8.75. The van der Waals surface area contributed by atoms with Gasteiger partial charge in [-0.05, 0) is 46.6 Å². The zero-order chi connectivity index (χ0) is 15.6. The Kier molecular flexibility index (Phi) is 4.75. The lowest BCUT2D eigenvalue weighted by Crippen LogP contribution is -2.07. The molecule has 0 saturated heterocycles. The monoisotopic (exact) mass is 368 g/mol. The molecule has 110 valence electrons. The van der Waals surface area contributed by atoms with Crippen LogP contribution in [0.15, 0.2) is 34.8 Å². The van der Waals surface area contributed by atoms with Crippen LogP contribution in [0.4, 0.5) is 17.1 Å². The quantitative estimate of drug-likeness (QED) is 0.616. The van der Waals surface area contributed by atoms with Gasteiger partial charge in [0.2, 0.25) is 0 Å². The van der Waals surface area contributed by atoms with E-state index in [2.05, 4.69) is 21.2 Å². The number of hydrogen-bond acceptors (Lipinski definition) is 4. The number of methoxy groups -OCH3 is 1. The summed E-state index contributed by atoms with van der Waals surface area (Å²) in [6, 6.07) is 8.88. The van der Waals surface area contributed by atoms with Gasteiger partial charge in [-0.25, -0.2) is 4.79 Å². The highest BCUT2D eigenvalue weighted by molar-refractivity contribution is 9.10. The standard InChI is InChI=1S/C15H14BrClN2O2/c1-8-4-3-5-12(13(8)16)19-14-10(15(20)21-2)6-9(18)7-11(14)17/h3-7,19H,18H2,1-2H3. The maximum absolute atomic E-state index is 11.9. The van der Waals surface area contributed by atoms with Crippen LogP contribution in [-0.2, 0) is 4.74 Å². The average Bonchev–Trinajstić information content (AvgIpc) is 2.45. The van der Waals surface area contributed by atoms with Crippen LogP contribution in [0.1, 0.15) is 15.9 Å². The van der Waals surface area contributed by atoms with E-state index in [0.717, 1.165) is 15.7 Å². The Labute approximate surface area is 136 Å². The van der Waals surface area contributed by atoms with Crippen molar-refractivity contribution in [1.82, 2.24) is 0 Å². The second kappa shape index (κ2) is 6.37. The van der Waals surface area contributed by atoms with E-state index in [1.807, 2.05) is 25.1 Å². The molecule has 0 spiro atoms. The van der Waals surface area contributed by atoms with Crippen LogP contribution >= 0.6 is 27.5 Å². The fraction of sp³-hybridized carbons (Fsp3) is 0.133. The second-order valence-electron chi connectivity index (χ2n) is 4.48. The molecule has 0 heterocycles. The number of anilines is 3. The summed E-state index contributed by atoms with van der Waals surface area (Å²) >= 11 is 9.72. The van der Waals surface area contributed by atoms with Crippen molar-refractivity contribution < 1.29 is 9.53 Å². The molecule has 0 fully saturated rings. The summed E-state index contributed by atoms with van der Waals surface area (Å²) in [5.74, 6) is -0.504. The van der Waals surface area contributed by atoms with E-state index in [-0.39, 0.29) is 5.56 Å². The Morgan fingerprint density at radius 2 is 2.10 bits per heavy atom. The van der Waals surface area contributed by atoms with E-state index >= 15 is 0 Å². The molecule has 0 aliphatic heterocycles. The molecular weight excluding hydrogens is 356 g/mol. The van der Waals surface area contributed by atoms with E-state index in [1.165, 1.54) is 13.2 Å². The number of esters is 1. The summed E-state index contributed by atoms with van der Waals surface area (Å²) in [4.78, 5) is 11.9. The minimum absolute atomic E-state index is 0.288. The first-order chi connectivity index (χ1) is 9.93. The fourth-order valence-corrected chi connectivity index (χ4v) is 2.54. The largest absolute Gasteiger partial charge is 0.465 e. The number of aryl methyl sites for hydroxylation is 1. The Hall–Kier alpha value is -1.72. The molecule has 6 heteroatoms. The number of nitrogen functional groups attached to an aromatic ring is 1. The molecule has 2 aromatic carbocycles. The van der Waals surface area contributed by atoms with E-state index in [9.17, 15) is 4.79 Å². The molecule has 3 N–H and O–H groups in total. The number of carbonyl (C=O) groups excluding carboxylic acids is 1. The van der Waals surface area contributed by atoms with Crippen LogP contribution in [0.2, 0.25) is 5.02 Å². The lowest BCUT2D eigenvalue weighted by molar-refractivity contribution is 0.0602. The number of halogens is 2. The van der Waals surface area contributed by atoms with Crippen molar-refractivity contribution in [2.45, 2.75) is 6.92 Å². The molecule has 0 amide bonds. The molecule has 21 heavy (non-hydrogen) atoms. The molecule has 0 aliphatic carbocycles. The van der Waals surface area contributed by atoms with Gasteiger partial charge in [-0.15, -0.1) is 0 Å². The Bertz CT molecular complexity index is 704. The average molecular weight is 370 g/mol. The van der Waals surface area contributed by atoms with Crippen molar-refractivity contribution in [3.8, 4) is 0 Å². The first-order valence-corrected chi connectivity index (χ1v) is 7.30. The number of ether oxygens (including phenoxy) is 1. The molecule has 0 saturated carbocycles. The highest BCUT2D eigenvalue weighted by Crippen LogP contribution is 2.35. The molecule has 0 aromatic heterocycles. The number of rotatable bonds is 3. The van der Waals surface area contributed by atoms with Crippen molar-refractivity contribution >= 4 is 50.6 Å². The molecule has 4 nitrogen and oxygen atoms in total. The Balaban J connectivity index is 2.53. The number of nitrogens with one attached hydrogen (secondary N) is 1. The zero-order valence-electron chi connectivity index (χ0n) is 11.5. The van der Waals surface area contributed by atoms with E-state index in [0.29, 0.717) is 16.4 Å². The van der Waals surface area contributed by atoms with Crippen molar-refractivity contribution in [2.75, 3.05) is 18.2 Å². The van der Waals surface area contributed by atoms with Gasteiger partial charge < -0.3 is 15.8 Å². The summed E-state index contributed by atoms with van der Waals surface area (Å²) in [6.45, 7) is 1.97. The third kappa shape index (κ3) is 3.31. The smallest absolute Gasteiger partial charge is 0.340 e. The van der Waals surface area contributed by atoms with E-state index < -0.39 is 5.97 Å². The van der Waals surface area contributed by atoms with E-state index in [4.69, 9.17) is 22.1 Å². The summed E-state index contributed by atoms with van der Waals surface area (Å²) in [5, 5.41) is 3.51. The molecule has 2 rings (SSSR count). The molecule has 0 unspecified atom stereocenters. The Morgan fingerprint density at radius 1 is 1.38 bits per heavy atom. The maximum Gasteiger partial charge on any atom is 0.340 e. The van der Waals surface area contributed by atoms with Gasteiger partial charge >= 0.3 is 5.97 Å². The molecule has 0 bridgehead atoms. The first kappa shape index (κ1) is 15.7. The van der Waals surface area contributed by atoms with Crippen molar-refractivity contribution in [2.24, 2.45) is 0 Å². The lowest BCUT2D eigenvalue weighted by atomic mass is 10.1. The van der Waals surface area contributed by atoms with E-state index in [1.54, 1.807) is 6.07 Å². The number of benzene rings is 2. The fourth-order valence-electron chi connectivity index (χ4n) is 1.90. The molecule has 0 radical (unpaired) electrons. The van der Waals surface area contributed by atoms with Crippen LogP contribution in [0.5, 0.6) is 0 Å². The van der Waals surface area contributed by atoms with Crippen molar-refractivity contribution in [3.63, 3.8) is 0 Å². The lowest BCUT2D eigenvalue weighted by Gasteiger charge is -2.15. The van der Waals surface area contributed by atoms with Crippen LogP contribution < -0.4 is 11.1 Å².